The molecule has 0 spiro atoms. The minimum absolute atomic E-state index is 0.0262. The van der Waals surface area contributed by atoms with E-state index in [-0.39, 0.29) is 5.92 Å². The molecule has 0 saturated carbocycles. The van der Waals surface area contributed by atoms with E-state index in [1.807, 2.05) is 0 Å². The highest BCUT2D eigenvalue weighted by molar-refractivity contribution is 6.22. The second-order valence-corrected chi connectivity index (χ2v) is 16.8. The van der Waals surface area contributed by atoms with Gasteiger partial charge in [0, 0.05) is 50.8 Å². The molecule has 2 aliphatic carbocycles. The molecular formula is C58H43NO2. The lowest BCUT2D eigenvalue weighted by Crippen LogP contribution is -2.19. The van der Waals surface area contributed by atoms with Crippen LogP contribution < -0.4 is 4.90 Å². The molecule has 0 saturated heterocycles. The van der Waals surface area contributed by atoms with Crippen LogP contribution >= 0.6 is 0 Å². The zero-order valence-electron chi connectivity index (χ0n) is 34.3. The summed E-state index contributed by atoms with van der Waals surface area (Å²) in [6, 6.07) is 53.7. The van der Waals surface area contributed by atoms with Gasteiger partial charge in [0.15, 0.2) is 0 Å². The van der Waals surface area contributed by atoms with E-state index in [0.717, 1.165) is 58.2 Å². The third-order valence-corrected chi connectivity index (χ3v) is 12.9. The highest BCUT2D eigenvalue weighted by Crippen LogP contribution is 2.48. The monoisotopic (exact) mass is 785 g/mol. The van der Waals surface area contributed by atoms with E-state index in [4.69, 9.17) is 8.83 Å². The van der Waals surface area contributed by atoms with E-state index in [0.29, 0.717) is 0 Å². The molecule has 3 nitrogen and oxygen atoms in total. The smallest absolute Gasteiger partial charge is 0.135 e. The minimum Gasteiger partial charge on any atom is -0.460 e. The van der Waals surface area contributed by atoms with Crippen LogP contribution in [0.15, 0.2) is 196 Å². The first-order valence-electron chi connectivity index (χ1n) is 21.5. The molecule has 10 aromatic rings. The third kappa shape index (κ3) is 5.87. The van der Waals surface area contributed by atoms with E-state index in [1.165, 1.54) is 82.5 Å². The maximum atomic E-state index is 6.44. The Hall–Kier alpha value is -7.36. The summed E-state index contributed by atoms with van der Waals surface area (Å²) in [6.07, 6.45) is 16.4. The Kier molecular flexibility index (Phi) is 8.25. The fourth-order valence-corrected chi connectivity index (χ4v) is 10.1. The lowest BCUT2D eigenvalue weighted by Gasteiger charge is -2.31. The van der Waals surface area contributed by atoms with E-state index >= 15 is 0 Å². The SMILES string of the molecule is Cc1ccc2oc3c(c2c1)C=C(N(c1ccccc1)c1cc2c4ccccc4c(C(C4=CC=CCC=C4)c4ccc5oc6ccc(C)cc6c5c4)cc2c2ccccc12)CC3. The summed E-state index contributed by atoms with van der Waals surface area (Å²) < 4.78 is 12.8. The Balaban J connectivity index is 1.12. The summed E-state index contributed by atoms with van der Waals surface area (Å²) in [7, 11) is 0. The van der Waals surface area contributed by atoms with E-state index in [9.17, 15) is 0 Å². The first-order valence-corrected chi connectivity index (χ1v) is 21.5. The normalized spacial score (nSPS) is 14.5. The molecule has 2 aromatic heterocycles. The zero-order chi connectivity index (χ0) is 40.6. The highest BCUT2D eigenvalue weighted by atomic mass is 16.3. The summed E-state index contributed by atoms with van der Waals surface area (Å²) in [5, 5.41) is 10.9. The van der Waals surface area contributed by atoms with Crippen molar-refractivity contribution in [2.75, 3.05) is 4.90 Å². The number of allylic oxidation sites excluding steroid dienone is 7. The first-order chi connectivity index (χ1) is 30.1. The minimum atomic E-state index is -0.0262. The topological polar surface area (TPSA) is 29.5 Å². The van der Waals surface area contributed by atoms with Crippen molar-refractivity contribution in [1.29, 1.82) is 0 Å². The van der Waals surface area contributed by atoms with Crippen molar-refractivity contribution in [2.45, 2.75) is 39.0 Å². The number of hydrogen-bond acceptors (Lipinski definition) is 3. The van der Waals surface area contributed by atoms with Crippen LogP contribution in [-0.4, -0.2) is 0 Å². The number of nitrogens with zero attached hydrogens (tertiary/aromatic N) is 1. The Morgan fingerprint density at radius 1 is 0.525 bits per heavy atom. The molecule has 0 fully saturated rings. The van der Waals surface area contributed by atoms with Crippen molar-refractivity contribution < 1.29 is 8.83 Å². The van der Waals surface area contributed by atoms with Crippen molar-refractivity contribution in [1.82, 2.24) is 0 Å². The Morgan fingerprint density at radius 3 is 1.98 bits per heavy atom. The van der Waals surface area contributed by atoms with Crippen molar-refractivity contribution in [3.8, 4) is 0 Å². The fraction of sp³-hybridized carbons (Fsp3) is 0.103. The number of para-hydroxylation sites is 1. The molecule has 2 heterocycles. The number of hydrogen-bond donors (Lipinski definition) is 0. The molecule has 1 unspecified atom stereocenters. The molecule has 292 valence electrons. The molecule has 1 atom stereocenters. The van der Waals surface area contributed by atoms with Crippen LogP contribution in [0.25, 0.3) is 71.3 Å². The standard InChI is InChI=1S/C58H43NO2/c1-36-22-26-54-48(30-36)50-32-39(24-28-56(50)60-54)58(38-14-6-3-4-7-15-38)52-34-46-44-20-12-13-21-45(44)53(35-47(46)42-18-10-11-19-43(42)52)59(40-16-8-5-9-17-40)41-25-29-57-51(33-41)49-31-37(2)23-27-55(49)61-57/h3,5-24,26-28,30-35,58H,4,25,29H2,1-2H3. The van der Waals surface area contributed by atoms with Gasteiger partial charge in [0.1, 0.15) is 22.5 Å². The lowest BCUT2D eigenvalue weighted by molar-refractivity contribution is 0.542. The van der Waals surface area contributed by atoms with E-state index in [1.54, 1.807) is 0 Å². The quantitative estimate of drug-likeness (QED) is 0.157. The van der Waals surface area contributed by atoms with Crippen molar-refractivity contribution in [2.24, 2.45) is 0 Å². The van der Waals surface area contributed by atoms with Gasteiger partial charge in [-0.1, -0.05) is 126 Å². The van der Waals surface area contributed by atoms with Gasteiger partial charge in [-0.2, -0.15) is 0 Å². The Morgan fingerprint density at radius 2 is 1.18 bits per heavy atom. The summed E-state index contributed by atoms with van der Waals surface area (Å²) in [4.78, 5) is 2.50. The first kappa shape index (κ1) is 35.6. The summed E-state index contributed by atoms with van der Waals surface area (Å²) >= 11 is 0. The fourth-order valence-electron chi connectivity index (χ4n) is 10.1. The van der Waals surface area contributed by atoms with Gasteiger partial charge in [-0.25, -0.2) is 0 Å². The molecular weight excluding hydrogens is 743 g/mol. The second kappa shape index (κ2) is 14.1. The summed E-state index contributed by atoms with van der Waals surface area (Å²) in [5.41, 5.74) is 13.8. The molecule has 3 heteroatoms. The summed E-state index contributed by atoms with van der Waals surface area (Å²) in [6.45, 7) is 4.31. The molecule has 0 amide bonds. The van der Waals surface area contributed by atoms with Crippen LogP contribution in [0.1, 0.15) is 52.3 Å². The molecule has 0 bridgehead atoms. The Bertz CT molecular complexity index is 3540. The van der Waals surface area contributed by atoms with E-state index < -0.39 is 0 Å². The van der Waals surface area contributed by atoms with Crippen LogP contribution in [0.2, 0.25) is 0 Å². The summed E-state index contributed by atoms with van der Waals surface area (Å²) in [5.74, 6) is 1.04. The number of fused-ring (bicyclic) bond motifs is 11. The number of furan rings is 2. The zero-order valence-corrected chi connectivity index (χ0v) is 34.3. The molecule has 2 aliphatic rings. The van der Waals surface area contributed by atoms with Gasteiger partial charge in [-0.05, 0) is 137 Å². The number of anilines is 2. The van der Waals surface area contributed by atoms with Crippen LogP contribution in [0.4, 0.5) is 11.4 Å². The second-order valence-electron chi connectivity index (χ2n) is 16.8. The predicted molar refractivity (Wildman–Crippen MR) is 256 cm³/mol. The Labute approximate surface area is 354 Å². The van der Waals surface area contributed by atoms with Crippen LogP contribution in [0.5, 0.6) is 0 Å². The predicted octanol–water partition coefficient (Wildman–Crippen LogP) is 16.1. The largest absolute Gasteiger partial charge is 0.460 e. The number of aryl methyl sites for hydroxylation is 3. The average molecular weight is 786 g/mol. The molecule has 0 radical (unpaired) electrons. The van der Waals surface area contributed by atoms with Gasteiger partial charge in [0.05, 0.1) is 5.69 Å². The maximum Gasteiger partial charge on any atom is 0.135 e. The molecule has 0 aliphatic heterocycles. The van der Waals surface area contributed by atoms with Crippen molar-refractivity contribution in [3.05, 3.63) is 221 Å². The van der Waals surface area contributed by atoms with Gasteiger partial charge in [-0.15, -0.1) is 0 Å². The van der Waals surface area contributed by atoms with Crippen molar-refractivity contribution in [3.63, 3.8) is 0 Å². The lowest BCUT2D eigenvalue weighted by atomic mass is 9.80. The third-order valence-electron chi connectivity index (χ3n) is 12.9. The highest BCUT2D eigenvalue weighted by Gasteiger charge is 2.27. The molecule has 8 aromatic carbocycles. The van der Waals surface area contributed by atoms with Gasteiger partial charge in [-0.3, -0.25) is 0 Å². The van der Waals surface area contributed by atoms with Crippen LogP contribution in [0, 0.1) is 13.8 Å². The number of rotatable bonds is 6. The van der Waals surface area contributed by atoms with Gasteiger partial charge in [0.2, 0.25) is 0 Å². The van der Waals surface area contributed by atoms with E-state index in [2.05, 4.69) is 201 Å². The number of benzene rings is 8. The van der Waals surface area contributed by atoms with Gasteiger partial charge < -0.3 is 13.7 Å². The van der Waals surface area contributed by atoms with Crippen LogP contribution in [-0.2, 0) is 6.42 Å². The van der Waals surface area contributed by atoms with Gasteiger partial charge >= 0.3 is 0 Å². The van der Waals surface area contributed by atoms with Crippen molar-refractivity contribution >= 4 is 82.7 Å². The average Bonchev–Trinajstić information content (AvgIpc) is 3.71. The maximum absolute atomic E-state index is 6.44. The molecule has 12 rings (SSSR count). The van der Waals surface area contributed by atoms with Crippen LogP contribution in [0.3, 0.4) is 0 Å². The van der Waals surface area contributed by atoms with Gasteiger partial charge in [0.25, 0.3) is 0 Å². The molecule has 0 N–H and O–H groups in total. The molecule has 61 heavy (non-hydrogen) atoms.